The van der Waals surface area contributed by atoms with Gasteiger partial charge in [-0.05, 0) is 12.3 Å². The van der Waals surface area contributed by atoms with E-state index < -0.39 is 30.4 Å². The van der Waals surface area contributed by atoms with Crippen molar-refractivity contribution in [3.63, 3.8) is 0 Å². The number of carboxylic acid groups (broad SMARTS) is 1. The number of carbonyl (C=O) groups is 3. The van der Waals surface area contributed by atoms with Crippen LogP contribution in [0.25, 0.3) is 0 Å². The normalized spacial score (nSPS) is 13.5. The van der Waals surface area contributed by atoms with Gasteiger partial charge in [-0.3, -0.25) is 4.79 Å². The van der Waals surface area contributed by atoms with E-state index in [1.165, 1.54) is 0 Å². The molecule has 0 aromatic rings. The molecule has 2 amide bonds. The van der Waals surface area contributed by atoms with Crippen molar-refractivity contribution < 1.29 is 24.2 Å². The van der Waals surface area contributed by atoms with Gasteiger partial charge in [0.1, 0.15) is 6.04 Å². The van der Waals surface area contributed by atoms with Crippen LogP contribution in [0, 0.1) is 5.92 Å². The number of urea groups is 1. The molecule has 0 aliphatic rings. The Hall–Kier alpha value is -1.79. The monoisotopic (exact) mass is 274 g/mol. The molecule has 0 fully saturated rings. The summed E-state index contributed by atoms with van der Waals surface area (Å²) in [7, 11) is 1.16. The Morgan fingerprint density at radius 2 is 1.79 bits per heavy atom. The minimum absolute atomic E-state index is 0.0485. The van der Waals surface area contributed by atoms with Gasteiger partial charge in [-0.25, -0.2) is 9.59 Å². The first-order valence-electron chi connectivity index (χ1n) is 6.18. The smallest absolute Gasteiger partial charge is 0.326 e. The first kappa shape index (κ1) is 17.2. The first-order chi connectivity index (χ1) is 8.81. The van der Waals surface area contributed by atoms with Gasteiger partial charge in [0.25, 0.3) is 0 Å². The number of nitrogens with one attached hydrogen (secondary N) is 2. The lowest BCUT2D eigenvalue weighted by atomic mass is 10.0. The Morgan fingerprint density at radius 3 is 2.16 bits per heavy atom. The average Bonchev–Trinajstić information content (AvgIpc) is 2.34. The maximum absolute atomic E-state index is 11.7. The molecule has 0 rings (SSSR count). The zero-order valence-corrected chi connectivity index (χ0v) is 11.7. The fraction of sp³-hybridized carbons (Fsp3) is 0.750. The number of hydrogen-bond donors (Lipinski definition) is 3. The lowest BCUT2D eigenvalue weighted by Gasteiger charge is -2.22. The molecule has 3 N–H and O–H groups in total. The highest BCUT2D eigenvalue weighted by Crippen LogP contribution is 2.05. The number of ether oxygens (including phenoxy) is 1. The van der Waals surface area contributed by atoms with Crippen LogP contribution in [-0.4, -0.2) is 42.3 Å². The van der Waals surface area contributed by atoms with Gasteiger partial charge in [-0.2, -0.15) is 0 Å². The molecular formula is C12H22N2O5. The molecule has 2 atom stereocenters. The van der Waals surface area contributed by atoms with Crippen molar-refractivity contribution in [2.24, 2.45) is 5.92 Å². The van der Waals surface area contributed by atoms with Gasteiger partial charge < -0.3 is 20.5 Å². The summed E-state index contributed by atoms with van der Waals surface area (Å²) in [4.78, 5) is 33.6. The Kier molecular flexibility index (Phi) is 7.55. The van der Waals surface area contributed by atoms with Crippen molar-refractivity contribution in [1.29, 1.82) is 0 Å². The second kappa shape index (κ2) is 8.34. The molecule has 7 nitrogen and oxygen atoms in total. The van der Waals surface area contributed by atoms with Crippen LogP contribution < -0.4 is 10.6 Å². The molecule has 0 saturated heterocycles. The molecule has 7 heteroatoms. The third-order valence-corrected chi connectivity index (χ3v) is 2.76. The highest BCUT2D eigenvalue weighted by atomic mass is 16.5. The van der Waals surface area contributed by atoms with Crippen LogP contribution in [0.5, 0.6) is 0 Å². The summed E-state index contributed by atoms with van der Waals surface area (Å²) in [6, 6.07) is -1.94. The number of rotatable bonds is 7. The van der Waals surface area contributed by atoms with Crippen molar-refractivity contribution in [2.75, 3.05) is 7.11 Å². The standard InChI is InChI=1S/C12H22N2O5/c1-5-8(7(2)3)13-12(18)14-9(11(16)17)6-10(15)19-4/h7-9H,5-6H2,1-4H3,(H,16,17)(H2,13,14,18)/t8?,9-/m0/s1. The number of aliphatic carboxylic acids is 1. The Balaban J connectivity index is 4.47. The topological polar surface area (TPSA) is 105 Å². The van der Waals surface area contributed by atoms with E-state index >= 15 is 0 Å². The molecule has 0 aromatic carbocycles. The molecule has 0 aliphatic carbocycles. The SMILES string of the molecule is CCC(NC(=O)N[C@@H](CC(=O)OC)C(=O)O)C(C)C. The maximum Gasteiger partial charge on any atom is 0.326 e. The van der Waals surface area contributed by atoms with Crippen molar-refractivity contribution in [2.45, 2.75) is 45.7 Å². The van der Waals surface area contributed by atoms with E-state index in [0.29, 0.717) is 0 Å². The third-order valence-electron chi connectivity index (χ3n) is 2.76. The molecular weight excluding hydrogens is 252 g/mol. The number of carboxylic acids is 1. The predicted molar refractivity (Wildman–Crippen MR) is 68.6 cm³/mol. The summed E-state index contributed by atoms with van der Waals surface area (Å²) in [5, 5.41) is 13.8. The van der Waals surface area contributed by atoms with E-state index in [-0.39, 0.29) is 12.0 Å². The van der Waals surface area contributed by atoms with Crippen LogP contribution in [0.15, 0.2) is 0 Å². The number of amides is 2. The van der Waals surface area contributed by atoms with Gasteiger partial charge >= 0.3 is 18.0 Å². The summed E-state index contributed by atoms with van der Waals surface area (Å²) >= 11 is 0. The van der Waals surface area contributed by atoms with Crippen LogP contribution in [0.3, 0.4) is 0 Å². The molecule has 0 radical (unpaired) electrons. The second-order valence-corrected chi connectivity index (χ2v) is 4.55. The Bertz CT molecular complexity index is 330. The van der Waals surface area contributed by atoms with Crippen LogP contribution in [-0.2, 0) is 14.3 Å². The Morgan fingerprint density at radius 1 is 1.21 bits per heavy atom. The average molecular weight is 274 g/mol. The molecule has 0 saturated carbocycles. The van der Waals surface area contributed by atoms with E-state index in [1.807, 2.05) is 20.8 Å². The van der Waals surface area contributed by atoms with Gasteiger partial charge in [0, 0.05) is 6.04 Å². The number of methoxy groups -OCH3 is 1. The van der Waals surface area contributed by atoms with Crippen molar-refractivity contribution in [1.82, 2.24) is 10.6 Å². The second-order valence-electron chi connectivity index (χ2n) is 4.55. The van der Waals surface area contributed by atoms with Crippen LogP contribution in [0.1, 0.15) is 33.6 Å². The van der Waals surface area contributed by atoms with Crippen LogP contribution in [0.4, 0.5) is 4.79 Å². The number of hydrogen-bond acceptors (Lipinski definition) is 4. The lowest BCUT2D eigenvalue weighted by molar-refractivity contribution is -0.147. The summed E-state index contributed by atoms with van der Waals surface area (Å²) in [5.74, 6) is -1.73. The molecule has 1 unspecified atom stereocenters. The van der Waals surface area contributed by atoms with Gasteiger partial charge in [0.05, 0.1) is 13.5 Å². The lowest BCUT2D eigenvalue weighted by Crippen LogP contribution is -2.50. The highest BCUT2D eigenvalue weighted by molar-refractivity contribution is 5.86. The van der Waals surface area contributed by atoms with Crippen molar-refractivity contribution in [3.8, 4) is 0 Å². The van der Waals surface area contributed by atoms with E-state index in [1.54, 1.807) is 0 Å². The van der Waals surface area contributed by atoms with Gasteiger partial charge in [0.2, 0.25) is 0 Å². The largest absolute Gasteiger partial charge is 0.480 e. The van der Waals surface area contributed by atoms with E-state index in [0.717, 1.165) is 13.5 Å². The summed E-state index contributed by atoms with van der Waals surface area (Å²) in [5.41, 5.74) is 0. The molecule has 110 valence electrons. The highest BCUT2D eigenvalue weighted by Gasteiger charge is 2.24. The van der Waals surface area contributed by atoms with Crippen molar-refractivity contribution >= 4 is 18.0 Å². The first-order valence-corrected chi connectivity index (χ1v) is 6.18. The van der Waals surface area contributed by atoms with E-state index in [9.17, 15) is 14.4 Å². The molecule has 0 aromatic heterocycles. The summed E-state index contributed by atoms with van der Waals surface area (Å²) in [6.07, 6.45) is 0.331. The number of carbonyl (C=O) groups excluding carboxylic acids is 2. The van der Waals surface area contributed by atoms with Crippen molar-refractivity contribution in [3.05, 3.63) is 0 Å². The molecule has 0 spiro atoms. The molecule has 0 aliphatic heterocycles. The van der Waals surface area contributed by atoms with Gasteiger partial charge in [-0.15, -0.1) is 0 Å². The third kappa shape index (κ3) is 6.64. The van der Waals surface area contributed by atoms with Gasteiger partial charge in [-0.1, -0.05) is 20.8 Å². The van der Waals surface area contributed by atoms with Crippen LogP contribution >= 0.6 is 0 Å². The zero-order valence-electron chi connectivity index (χ0n) is 11.7. The Labute approximate surface area is 112 Å². The fourth-order valence-electron chi connectivity index (χ4n) is 1.56. The summed E-state index contributed by atoms with van der Waals surface area (Å²) in [6.45, 7) is 5.84. The minimum Gasteiger partial charge on any atom is -0.480 e. The summed E-state index contributed by atoms with van der Waals surface area (Å²) < 4.78 is 4.38. The minimum atomic E-state index is -1.29. The van der Waals surface area contributed by atoms with Gasteiger partial charge in [0.15, 0.2) is 0 Å². The molecule has 0 heterocycles. The maximum atomic E-state index is 11.7. The van der Waals surface area contributed by atoms with E-state index in [4.69, 9.17) is 5.11 Å². The quantitative estimate of drug-likeness (QED) is 0.594. The fourth-order valence-corrected chi connectivity index (χ4v) is 1.56. The molecule has 0 bridgehead atoms. The number of esters is 1. The van der Waals surface area contributed by atoms with E-state index in [2.05, 4.69) is 15.4 Å². The van der Waals surface area contributed by atoms with Crippen LogP contribution in [0.2, 0.25) is 0 Å². The predicted octanol–water partition coefficient (Wildman–Crippen LogP) is 0.737. The molecule has 19 heavy (non-hydrogen) atoms. The zero-order chi connectivity index (χ0) is 15.0.